The van der Waals surface area contributed by atoms with E-state index in [1.165, 1.54) is 5.56 Å². The smallest absolute Gasteiger partial charge is 0.263 e. The Morgan fingerprint density at radius 2 is 2.00 bits per heavy atom. The van der Waals surface area contributed by atoms with E-state index >= 15 is 0 Å². The van der Waals surface area contributed by atoms with E-state index in [-0.39, 0.29) is 11.1 Å². The summed E-state index contributed by atoms with van der Waals surface area (Å²) in [7, 11) is 0. The van der Waals surface area contributed by atoms with Gasteiger partial charge in [0.25, 0.3) is 5.56 Å². The summed E-state index contributed by atoms with van der Waals surface area (Å²) in [4.78, 5) is 22.6. The highest BCUT2D eigenvalue weighted by molar-refractivity contribution is 5.74. The molecule has 1 aromatic carbocycles. The number of hydrogen-bond acceptors (Lipinski definition) is 4. The molecule has 26 heavy (non-hydrogen) atoms. The van der Waals surface area contributed by atoms with E-state index in [4.69, 9.17) is 4.98 Å². The van der Waals surface area contributed by atoms with Crippen molar-refractivity contribution in [3.63, 3.8) is 0 Å². The van der Waals surface area contributed by atoms with Gasteiger partial charge in [-0.25, -0.2) is 4.68 Å². The van der Waals surface area contributed by atoms with Gasteiger partial charge in [-0.1, -0.05) is 30.3 Å². The van der Waals surface area contributed by atoms with Crippen LogP contribution in [0.3, 0.4) is 0 Å². The zero-order valence-electron chi connectivity index (χ0n) is 15.6. The Morgan fingerprint density at radius 1 is 1.23 bits per heavy atom. The zero-order valence-corrected chi connectivity index (χ0v) is 15.6. The minimum atomic E-state index is -0.228. The second-order valence-corrected chi connectivity index (χ2v) is 8.03. The van der Waals surface area contributed by atoms with Crippen molar-refractivity contribution in [3.8, 4) is 0 Å². The maximum absolute atomic E-state index is 12.6. The summed E-state index contributed by atoms with van der Waals surface area (Å²) in [5.74, 6) is 0.659. The number of rotatable bonds is 3. The topological polar surface area (TPSA) is 66.8 Å². The Hall–Kier alpha value is -2.63. The van der Waals surface area contributed by atoms with Crippen molar-refractivity contribution in [3.05, 3.63) is 52.4 Å². The van der Waals surface area contributed by atoms with E-state index in [1.54, 1.807) is 6.20 Å². The van der Waals surface area contributed by atoms with Crippen molar-refractivity contribution >= 4 is 17.0 Å². The number of nitrogens with one attached hydrogen (secondary N) is 1. The number of aromatic amines is 1. The molecule has 6 heteroatoms. The number of fused-ring (bicyclic) bond motifs is 1. The Kier molecular flexibility index (Phi) is 4.05. The standard InChI is InChI=1S/C20H25N5O/c1-20(2,3)25-17-16(13-21-25)18(26)23-19(22-17)24-11-7-10-15(24)12-14-8-5-4-6-9-14/h4-6,8-9,13,15H,7,10-12H2,1-3H3,(H,22,23,26). The molecule has 3 aromatic rings. The summed E-state index contributed by atoms with van der Waals surface area (Å²) in [5, 5.41) is 4.94. The van der Waals surface area contributed by atoms with Crippen LogP contribution in [0.4, 0.5) is 5.95 Å². The summed E-state index contributed by atoms with van der Waals surface area (Å²) < 4.78 is 1.84. The first-order valence-corrected chi connectivity index (χ1v) is 9.22. The van der Waals surface area contributed by atoms with Crippen molar-refractivity contribution in [1.29, 1.82) is 0 Å². The van der Waals surface area contributed by atoms with Crippen LogP contribution >= 0.6 is 0 Å². The average Bonchev–Trinajstić information content (AvgIpc) is 3.22. The van der Waals surface area contributed by atoms with Gasteiger partial charge in [-0.15, -0.1) is 0 Å². The Balaban J connectivity index is 1.72. The van der Waals surface area contributed by atoms with Gasteiger partial charge in [0.1, 0.15) is 5.39 Å². The molecule has 1 atom stereocenters. The Bertz CT molecular complexity index is 967. The summed E-state index contributed by atoms with van der Waals surface area (Å²) in [6.45, 7) is 7.11. The lowest BCUT2D eigenvalue weighted by molar-refractivity contribution is 0.366. The lowest BCUT2D eigenvalue weighted by Crippen LogP contribution is -2.34. The van der Waals surface area contributed by atoms with E-state index in [1.807, 2.05) is 10.7 Å². The van der Waals surface area contributed by atoms with E-state index in [0.717, 1.165) is 25.8 Å². The molecule has 0 spiro atoms. The van der Waals surface area contributed by atoms with Crippen LogP contribution in [0.5, 0.6) is 0 Å². The van der Waals surface area contributed by atoms with Gasteiger partial charge in [0, 0.05) is 12.6 Å². The van der Waals surface area contributed by atoms with Gasteiger partial charge in [0.15, 0.2) is 5.65 Å². The molecule has 0 radical (unpaired) electrons. The van der Waals surface area contributed by atoms with Crippen molar-refractivity contribution in [2.75, 3.05) is 11.4 Å². The van der Waals surface area contributed by atoms with Crippen LogP contribution in [-0.4, -0.2) is 32.3 Å². The fourth-order valence-corrected chi connectivity index (χ4v) is 3.75. The van der Waals surface area contributed by atoms with Gasteiger partial charge < -0.3 is 4.90 Å². The summed E-state index contributed by atoms with van der Waals surface area (Å²) in [6.07, 6.45) is 4.79. The second-order valence-electron chi connectivity index (χ2n) is 8.03. The molecule has 136 valence electrons. The first-order valence-electron chi connectivity index (χ1n) is 9.22. The third kappa shape index (κ3) is 3.00. The van der Waals surface area contributed by atoms with Crippen LogP contribution in [0.2, 0.25) is 0 Å². The number of nitrogens with zero attached hydrogens (tertiary/aromatic N) is 4. The van der Waals surface area contributed by atoms with E-state index in [9.17, 15) is 4.79 Å². The molecule has 4 rings (SSSR count). The van der Waals surface area contributed by atoms with Gasteiger partial charge in [-0.3, -0.25) is 9.78 Å². The SMILES string of the molecule is CC(C)(C)n1ncc2c(=O)[nH]c(N3CCCC3Cc3ccccc3)nc21. The lowest BCUT2D eigenvalue weighted by Gasteiger charge is -2.26. The number of hydrogen-bond donors (Lipinski definition) is 1. The van der Waals surface area contributed by atoms with Crippen LogP contribution in [-0.2, 0) is 12.0 Å². The van der Waals surface area contributed by atoms with E-state index in [0.29, 0.717) is 23.0 Å². The Morgan fingerprint density at radius 3 is 2.73 bits per heavy atom. The average molecular weight is 351 g/mol. The van der Waals surface area contributed by atoms with Gasteiger partial charge in [-0.05, 0) is 45.6 Å². The quantitative estimate of drug-likeness (QED) is 0.787. The fraction of sp³-hybridized carbons (Fsp3) is 0.450. The lowest BCUT2D eigenvalue weighted by atomic mass is 10.0. The number of H-pyrrole nitrogens is 1. The molecule has 3 heterocycles. The minimum absolute atomic E-state index is 0.120. The maximum Gasteiger partial charge on any atom is 0.263 e. The van der Waals surface area contributed by atoms with Crippen LogP contribution < -0.4 is 10.5 Å². The molecule has 0 saturated carbocycles. The summed E-state index contributed by atoms with van der Waals surface area (Å²) >= 11 is 0. The third-order valence-electron chi connectivity index (χ3n) is 5.02. The van der Waals surface area contributed by atoms with E-state index < -0.39 is 0 Å². The summed E-state index contributed by atoms with van der Waals surface area (Å²) in [5.41, 5.74) is 1.62. The van der Waals surface area contributed by atoms with Crippen molar-refractivity contribution < 1.29 is 0 Å². The second kappa shape index (κ2) is 6.27. The predicted molar refractivity (Wildman–Crippen MR) is 104 cm³/mol. The summed E-state index contributed by atoms with van der Waals surface area (Å²) in [6, 6.07) is 10.8. The molecule has 1 fully saturated rings. The van der Waals surface area contributed by atoms with Crippen molar-refractivity contribution in [1.82, 2.24) is 19.7 Å². The largest absolute Gasteiger partial charge is 0.339 e. The highest BCUT2D eigenvalue weighted by Crippen LogP contribution is 2.26. The third-order valence-corrected chi connectivity index (χ3v) is 5.02. The molecular formula is C20H25N5O. The first kappa shape index (κ1) is 16.8. The molecule has 1 saturated heterocycles. The molecule has 0 amide bonds. The molecule has 1 aliphatic heterocycles. The monoisotopic (exact) mass is 351 g/mol. The maximum atomic E-state index is 12.6. The van der Waals surface area contributed by atoms with Gasteiger partial charge in [-0.2, -0.15) is 10.1 Å². The highest BCUT2D eigenvalue weighted by atomic mass is 16.1. The fourth-order valence-electron chi connectivity index (χ4n) is 3.75. The molecule has 6 nitrogen and oxygen atoms in total. The van der Waals surface area contributed by atoms with Gasteiger partial charge in [0.2, 0.25) is 5.95 Å². The number of aromatic nitrogens is 4. The molecular weight excluding hydrogens is 326 g/mol. The van der Waals surface area contributed by atoms with Crippen LogP contribution in [0.25, 0.3) is 11.0 Å². The van der Waals surface area contributed by atoms with Crippen LogP contribution in [0.15, 0.2) is 41.3 Å². The predicted octanol–water partition coefficient (Wildman–Crippen LogP) is 3.09. The van der Waals surface area contributed by atoms with Crippen LogP contribution in [0, 0.1) is 0 Å². The molecule has 1 unspecified atom stereocenters. The molecule has 2 aromatic heterocycles. The Labute approximate surface area is 152 Å². The van der Waals surface area contributed by atoms with E-state index in [2.05, 4.69) is 60.0 Å². The van der Waals surface area contributed by atoms with Gasteiger partial charge in [0.05, 0.1) is 11.7 Å². The molecule has 1 aliphatic rings. The molecule has 0 aliphatic carbocycles. The number of benzene rings is 1. The highest BCUT2D eigenvalue weighted by Gasteiger charge is 2.28. The molecule has 0 bridgehead atoms. The molecule has 1 N–H and O–H groups in total. The van der Waals surface area contributed by atoms with Crippen molar-refractivity contribution in [2.24, 2.45) is 0 Å². The minimum Gasteiger partial charge on any atom is -0.339 e. The van der Waals surface area contributed by atoms with Crippen molar-refractivity contribution in [2.45, 2.75) is 51.6 Å². The van der Waals surface area contributed by atoms with Crippen LogP contribution in [0.1, 0.15) is 39.2 Å². The zero-order chi connectivity index (χ0) is 18.3. The normalized spacial score (nSPS) is 18.0. The van der Waals surface area contributed by atoms with Gasteiger partial charge >= 0.3 is 0 Å². The first-order chi connectivity index (χ1) is 12.4. The number of anilines is 1.